The van der Waals surface area contributed by atoms with Crippen molar-refractivity contribution in [2.75, 3.05) is 26.2 Å². The zero-order valence-electron chi connectivity index (χ0n) is 19.9. The molecule has 30 heavy (non-hydrogen) atoms. The van der Waals surface area contributed by atoms with Crippen LogP contribution in [0, 0.1) is 0 Å². The second-order valence-electron chi connectivity index (χ2n) is 6.36. The first-order valence-electron chi connectivity index (χ1n) is 11.1. The van der Waals surface area contributed by atoms with Crippen molar-refractivity contribution in [1.82, 2.24) is 0 Å². The molecule has 0 unspecified atom stereocenters. The number of rotatable bonds is 9. The molecule has 0 aliphatic carbocycles. The molecule has 1 rings (SSSR count). The van der Waals surface area contributed by atoms with Crippen molar-refractivity contribution < 1.29 is 13.0 Å². The van der Waals surface area contributed by atoms with E-state index in [1.54, 1.807) is 18.2 Å². The summed E-state index contributed by atoms with van der Waals surface area (Å²) in [6, 6.07) is 7.42. The molecule has 1 aromatic carbocycles. The largest absolute Gasteiger partial charge is 0.330 e. The standard InChI is InChI=1S/C6H6O3S.4C4H11N/c7-10(8,9)6-4-2-1-3-5-6;4*1-2-3-4-5/h1-5H,(H,7,8,9);4*2-5H2,1H3. The van der Waals surface area contributed by atoms with Crippen molar-refractivity contribution in [2.24, 2.45) is 22.9 Å². The second-order valence-corrected chi connectivity index (χ2v) is 7.78. The third-order valence-corrected chi connectivity index (χ3v) is 4.14. The maximum absolute atomic E-state index is 10.4. The molecule has 0 atom stereocenters. The van der Waals surface area contributed by atoms with Gasteiger partial charge < -0.3 is 22.9 Å². The molecular formula is C22H50N4O3S. The topological polar surface area (TPSA) is 158 Å². The Balaban J connectivity index is -0.000000148. The summed E-state index contributed by atoms with van der Waals surface area (Å²) in [6.45, 7) is 11.9. The summed E-state index contributed by atoms with van der Waals surface area (Å²) in [5.41, 5.74) is 20.6. The summed E-state index contributed by atoms with van der Waals surface area (Å²) in [7, 11) is -4.00. The van der Waals surface area contributed by atoms with E-state index < -0.39 is 10.1 Å². The predicted molar refractivity (Wildman–Crippen MR) is 132 cm³/mol. The Labute approximate surface area is 186 Å². The predicted octanol–water partition coefficient (Wildman–Crippen LogP) is 3.91. The van der Waals surface area contributed by atoms with Crippen LogP contribution in [-0.4, -0.2) is 39.1 Å². The minimum absolute atomic E-state index is 0.0741. The van der Waals surface area contributed by atoms with E-state index in [-0.39, 0.29) is 4.90 Å². The third-order valence-electron chi connectivity index (χ3n) is 3.27. The number of nitrogens with two attached hydrogens (primary N) is 4. The van der Waals surface area contributed by atoms with E-state index in [9.17, 15) is 8.42 Å². The van der Waals surface area contributed by atoms with E-state index >= 15 is 0 Å². The highest BCUT2D eigenvalue weighted by Gasteiger charge is 2.05. The second kappa shape index (κ2) is 32.6. The van der Waals surface area contributed by atoms with Gasteiger partial charge in [-0.15, -0.1) is 0 Å². The number of benzene rings is 1. The van der Waals surface area contributed by atoms with E-state index in [1.807, 2.05) is 0 Å². The Morgan fingerprint density at radius 1 is 0.633 bits per heavy atom. The van der Waals surface area contributed by atoms with Gasteiger partial charge in [-0.25, -0.2) is 0 Å². The van der Waals surface area contributed by atoms with Crippen LogP contribution in [0.4, 0.5) is 0 Å². The molecule has 0 aliphatic heterocycles. The van der Waals surface area contributed by atoms with Gasteiger partial charge >= 0.3 is 0 Å². The molecular weight excluding hydrogens is 400 g/mol. The third kappa shape index (κ3) is 41.4. The quantitative estimate of drug-likeness (QED) is 0.356. The first kappa shape index (κ1) is 36.3. The highest BCUT2D eigenvalue weighted by molar-refractivity contribution is 7.85. The monoisotopic (exact) mass is 450 g/mol. The summed E-state index contributed by atoms with van der Waals surface area (Å²) in [6.07, 6.45) is 9.54. The molecule has 9 N–H and O–H groups in total. The van der Waals surface area contributed by atoms with Gasteiger partial charge in [-0.2, -0.15) is 8.42 Å². The van der Waals surface area contributed by atoms with Gasteiger partial charge in [-0.05, 0) is 64.0 Å². The lowest BCUT2D eigenvalue weighted by Gasteiger charge is -1.92. The van der Waals surface area contributed by atoms with Crippen molar-refractivity contribution >= 4 is 10.1 Å². The van der Waals surface area contributed by atoms with Crippen molar-refractivity contribution in [3.05, 3.63) is 30.3 Å². The van der Waals surface area contributed by atoms with Crippen molar-refractivity contribution in [2.45, 2.75) is 84.0 Å². The average molecular weight is 451 g/mol. The molecule has 7 nitrogen and oxygen atoms in total. The molecule has 0 saturated heterocycles. The first-order valence-corrected chi connectivity index (χ1v) is 12.5. The minimum atomic E-state index is -4.00. The van der Waals surface area contributed by atoms with Crippen molar-refractivity contribution in [1.29, 1.82) is 0 Å². The summed E-state index contributed by atoms with van der Waals surface area (Å²) < 4.78 is 29.2. The van der Waals surface area contributed by atoms with Crippen molar-refractivity contribution in [3.8, 4) is 0 Å². The molecule has 0 bridgehead atoms. The highest BCUT2D eigenvalue weighted by Crippen LogP contribution is 2.05. The number of hydrogen-bond donors (Lipinski definition) is 5. The first-order chi connectivity index (χ1) is 14.3. The lowest BCUT2D eigenvalue weighted by atomic mass is 10.3. The smallest absolute Gasteiger partial charge is 0.294 e. The van der Waals surface area contributed by atoms with Crippen LogP contribution in [-0.2, 0) is 10.1 Å². The van der Waals surface area contributed by atoms with E-state index in [4.69, 9.17) is 27.5 Å². The average Bonchev–Trinajstić information content (AvgIpc) is 2.72. The molecule has 0 fully saturated rings. The molecule has 0 aromatic heterocycles. The van der Waals surface area contributed by atoms with E-state index in [0.717, 1.165) is 26.2 Å². The van der Waals surface area contributed by atoms with Gasteiger partial charge in [-0.1, -0.05) is 71.6 Å². The molecule has 0 spiro atoms. The summed E-state index contributed by atoms with van der Waals surface area (Å²) in [5.74, 6) is 0. The van der Waals surface area contributed by atoms with Crippen LogP contribution in [0.1, 0.15) is 79.1 Å². The zero-order valence-corrected chi connectivity index (χ0v) is 20.7. The molecule has 1 aromatic rings. The Bertz CT molecular complexity index is 454. The van der Waals surface area contributed by atoms with Gasteiger partial charge in [0.25, 0.3) is 10.1 Å². The fourth-order valence-corrected chi connectivity index (χ4v) is 1.91. The molecule has 0 saturated carbocycles. The Hall–Kier alpha value is -1.03. The maximum Gasteiger partial charge on any atom is 0.294 e. The zero-order chi connectivity index (χ0) is 24.1. The van der Waals surface area contributed by atoms with Gasteiger partial charge in [0.05, 0.1) is 4.90 Å². The van der Waals surface area contributed by atoms with Crippen LogP contribution in [0.25, 0.3) is 0 Å². The Morgan fingerprint density at radius 3 is 1.00 bits per heavy atom. The van der Waals surface area contributed by atoms with Crippen LogP contribution in [0.2, 0.25) is 0 Å². The van der Waals surface area contributed by atoms with Crippen molar-refractivity contribution in [3.63, 3.8) is 0 Å². The van der Waals surface area contributed by atoms with Gasteiger partial charge in [0.15, 0.2) is 0 Å². The van der Waals surface area contributed by atoms with Crippen LogP contribution in [0.15, 0.2) is 35.2 Å². The summed E-state index contributed by atoms with van der Waals surface area (Å²) in [4.78, 5) is -0.0741. The van der Waals surface area contributed by atoms with E-state index in [1.165, 1.54) is 63.5 Å². The molecule has 182 valence electrons. The van der Waals surface area contributed by atoms with Gasteiger partial charge in [0.2, 0.25) is 0 Å². The van der Waals surface area contributed by atoms with Gasteiger partial charge in [0, 0.05) is 0 Å². The number of unbranched alkanes of at least 4 members (excludes halogenated alkanes) is 4. The fourth-order valence-electron chi connectivity index (χ4n) is 1.41. The molecule has 0 heterocycles. The van der Waals surface area contributed by atoms with Crippen LogP contribution in [0.3, 0.4) is 0 Å². The Kier molecular flexibility index (Phi) is 39.5. The maximum atomic E-state index is 10.4. The van der Waals surface area contributed by atoms with E-state index in [2.05, 4.69) is 27.7 Å². The molecule has 0 aliphatic rings. The molecule has 8 heteroatoms. The van der Waals surface area contributed by atoms with Crippen LogP contribution >= 0.6 is 0 Å². The fraction of sp³-hybridized carbons (Fsp3) is 0.727. The van der Waals surface area contributed by atoms with Gasteiger partial charge in [0.1, 0.15) is 0 Å². The van der Waals surface area contributed by atoms with Gasteiger partial charge in [-0.3, -0.25) is 4.55 Å². The SMILES string of the molecule is CCCCN.CCCCN.CCCCN.CCCCN.O=S(=O)(O)c1ccccc1. The van der Waals surface area contributed by atoms with E-state index in [0.29, 0.717) is 0 Å². The van der Waals surface area contributed by atoms with Crippen LogP contribution < -0.4 is 22.9 Å². The summed E-state index contributed by atoms with van der Waals surface area (Å²) in [5, 5.41) is 0. The molecule has 0 amide bonds. The summed E-state index contributed by atoms with van der Waals surface area (Å²) >= 11 is 0. The number of hydrogen-bond acceptors (Lipinski definition) is 6. The molecule has 0 radical (unpaired) electrons. The highest BCUT2D eigenvalue weighted by atomic mass is 32.2. The lowest BCUT2D eigenvalue weighted by molar-refractivity contribution is 0.483. The normalized spacial score (nSPS) is 9.37. The Morgan fingerprint density at radius 2 is 0.900 bits per heavy atom. The van der Waals surface area contributed by atoms with Crippen LogP contribution in [0.5, 0.6) is 0 Å². The lowest BCUT2D eigenvalue weighted by Crippen LogP contribution is -1.96. The minimum Gasteiger partial charge on any atom is -0.330 e.